The van der Waals surface area contributed by atoms with Crippen molar-refractivity contribution in [2.75, 3.05) is 11.1 Å². The molecule has 1 amide bonds. The molecule has 0 saturated carbocycles. The monoisotopic (exact) mass is 496 g/mol. The molecule has 0 spiro atoms. The lowest BCUT2D eigenvalue weighted by molar-refractivity contribution is 0.0950. The number of halogens is 2. The first-order valence-electron chi connectivity index (χ1n) is 11.5. The molecular weight excluding hydrogens is 474 g/mol. The fourth-order valence-corrected chi connectivity index (χ4v) is 4.09. The zero-order valence-corrected chi connectivity index (χ0v) is 19.6. The Morgan fingerprint density at radius 1 is 0.919 bits per heavy atom. The van der Waals surface area contributed by atoms with Gasteiger partial charge in [0.05, 0.1) is 16.8 Å². The molecule has 3 aromatic carbocycles. The van der Waals surface area contributed by atoms with E-state index >= 15 is 0 Å². The lowest BCUT2D eigenvalue weighted by Crippen LogP contribution is -2.23. The summed E-state index contributed by atoms with van der Waals surface area (Å²) in [6.07, 6.45) is 4.41. The number of fused-ring (bicyclic) bond motifs is 1. The van der Waals surface area contributed by atoms with E-state index in [2.05, 4.69) is 25.6 Å². The molecule has 0 aliphatic heterocycles. The van der Waals surface area contributed by atoms with Gasteiger partial charge in [-0.3, -0.25) is 9.78 Å². The Kier molecular flexibility index (Phi) is 6.67. The molecule has 4 N–H and O–H groups in total. The van der Waals surface area contributed by atoms with Gasteiger partial charge in [-0.05, 0) is 52.6 Å². The summed E-state index contributed by atoms with van der Waals surface area (Å²) in [5, 5.41) is 6.49. The number of carbonyl (C=O) groups is 1. The Labute approximate surface area is 211 Å². The number of hydrogen-bond acceptors (Lipinski definition) is 6. The number of nitrogens with one attached hydrogen (secondary N) is 2. The summed E-state index contributed by atoms with van der Waals surface area (Å²) in [7, 11) is 0. The van der Waals surface area contributed by atoms with Crippen LogP contribution in [-0.2, 0) is 13.1 Å². The number of hydrogen-bond donors (Lipinski definition) is 3. The molecule has 184 valence electrons. The number of nitrogens with two attached hydrogens (primary N) is 1. The van der Waals surface area contributed by atoms with Crippen molar-refractivity contribution in [2.24, 2.45) is 0 Å². The van der Waals surface area contributed by atoms with Crippen LogP contribution < -0.4 is 16.4 Å². The van der Waals surface area contributed by atoms with Crippen LogP contribution in [0.15, 0.2) is 85.5 Å². The molecule has 2 heterocycles. The number of benzene rings is 3. The van der Waals surface area contributed by atoms with Crippen molar-refractivity contribution in [3.8, 4) is 11.1 Å². The number of nitrogen functional groups attached to an aromatic ring is 1. The molecule has 0 atom stereocenters. The number of nitrogens with zero attached hydrogens (tertiary/aromatic N) is 3. The van der Waals surface area contributed by atoms with Crippen LogP contribution in [0.5, 0.6) is 0 Å². The molecule has 0 radical (unpaired) electrons. The third-order valence-corrected chi connectivity index (χ3v) is 5.99. The Balaban J connectivity index is 1.40. The molecule has 0 bridgehead atoms. The maximum Gasteiger partial charge on any atom is 0.253 e. The van der Waals surface area contributed by atoms with Gasteiger partial charge >= 0.3 is 0 Å². The Bertz CT molecular complexity index is 1590. The van der Waals surface area contributed by atoms with E-state index in [-0.39, 0.29) is 24.7 Å². The zero-order chi connectivity index (χ0) is 25.8. The van der Waals surface area contributed by atoms with Crippen LogP contribution in [0.1, 0.15) is 21.5 Å². The summed E-state index contributed by atoms with van der Waals surface area (Å²) in [4.78, 5) is 24.6. The molecule has 2 aromatic heterocycles. The summed E-state index contributed by atoms with van der Waals surface area (Å²) in [5.74, 6) is -1.99. The number of amides is 1. The van der Waals surface area contributed by atoms with E-state index in [0.29, 0.717) is 16.9 Å². The topological polar surface area (TPSA) is 106 Å². The van der Waals surface area contributed by atoms with Crippen LogP contribution in [0.4, 0.5) is 20.3 Å². The molecule has 0 saturated heterocycles. The SMILES string of the molecule is Nc1ncnc2ccc(-c3ccccc3CNc3c(CNC(=O)c4cccnc4)ccc(F)c3F)cc12. The third-order valence-electron chi connectivity index (χ3n) is 5.99. The molecule has 0 aliphatic carbocycles. The van der Waals surface area contributed by atoms with Crippen molar-refractivity contribution in [3.05, 3.63) is 114 Å². The predicted octanol–water partition coefficient (Wildman–Crippen LogP) is 5.09. The van der Waals surface area contributed by atoms with Gasteiger partial charge in [-0.2, -0.15) is 0 Å². The summed E-state index contributed by atoms with van der Waals surface area (Å²) in [5.41, 5.74) is 10.2. The highest BCUT2D eigenvalue weighted by atomic mass is 19.2. The first-order chi connectivity index (χ1) is 18.0. The van der Waals surface area contributed by atoms with Crippen molar-refractivity contribution < 1.29 is 13.6 Å². The molecule has 9 heteroatoms. The van der Waals surface area contributed by atoms with Crippen LogP contribution in [0.3, 0.4) is 0 Å². The maximum absolute atomic E-state index is 14.9. The van der Waals surface area contributed by atoms with Gasteiger partial charge in [-0.1, -0.05) is 36.4 Å². The minimum Gasteiger partial charge on any atom is -0.383 e. The first kappa shape index (κ1) is 23.8. The van der Waals surface area contributed by atoms with Gasteiger partial charge in [0.1, 0.15) is 12.1 Å². The van der Waals surface area contributed by atoms with E-state index in [0.717, 1.165) is 33.7 Å². The molecule has 0 unspecified atom stereocenters. The molecular formula is C28H22F2N6O. The van der Waals surface area contributed by atoms with Crippen molar-refractivity contribution in [2.45, 2.75) is 13.1 Å². The second-order valence-electron chi connectivity index (χ2n) is 8.32. The lowest BCUT2D eigenvalue weighted by atomic mass is 9.98. The van der Waals surface area contributed by atoms with Crippen molar-refractivity contribution in [3.63, 3.8) is 0 Å². The standard InChI is InChI=1S/C28H22F2N6O/c29-23-9-7-19(15-34-28(37)20-5-3-11-32-13-20)26(25(23)30)33-14-18-4-1-2-6-21(18)17-8-10-24-22(12-17)27(31)36-16-35-24/h1-13,16,33H,14-15H2,(H,34,37)(H2,31,35,36). The molecule has 7 nitrogen and oxygen atoms in total. The van der Waals surface area contributed by atoms with Crippen LogP contribution in [0.2, 0.25) is 0 Å². The minimum atomic E-state index is -1.01. The summed E-state index contributed by atoms with van der Waals surface area (Å²) in [6.45, 7) is 0.206. The van der Waals surface area contributed by atoms with Gasteiger partial charge in [-0.25, -0.2) is 18.7 Å². The third kappa shape index (κ3) is 5.06. The van der Waals surface area contributed by atoms with E-state index < -0.39 is 11.6 Å². The van der Waals surface area contributed by atoms with Gasteiger partial charge in [0, 0.05) is 30.9 Å². The van der Waals surface area contributed by atoms with Gasteiger partial charge < -0.3 is 16.4 Å². The van der Waals surface area contributed by atoms with E-state index in [1.807, 2.05) is 42.5 Å². The fraction of sp³-hybridized carbons (Fsp3) is 0.0714. The number of anilines is 2. The molecule has 37 heavy (non-hydrogen) atoms. The maximum atomic E-state index is 14.9. The van der Waals surface area contributed by atoms with Gasteiger partial charge in [0.15, 0.2) is 11.6 Å². The number of carbonyl (C=O) groups excluding carboxylic acids is 1. The molecule has 0 aliphatic rings. The minimum absolute atomic E-state index is 0.00113. The first-order valence-corrected chi connectivity index (χ1v) is 11.5. The van der Waals surface area contributed by atoms with E-state index in [9.17, 15) is 13.6 Å². The normalized spacial score (nSPS) is 10.9. The highest BCUT2D eigenvalue weighted by molar-refractivity contribution is 5.94. The van der Waals surface area contributed by atoms with Gasteiger partial charge in [-0.15, -0.1) is 0 Å². The highest BCUT2D eigenvalue weighted by Gasteiger charge is 2.16. The van der Waals surface area contributed by atoms with Crippen LogP contribution in [-0.4, -0.2) is 20.9 Å². The molecule has 5 aromatic rings. The van der Waals surface area contributed by atoms with Gasteiger partial charge in [0.2, 0.25) is 0 Å². The average molecular weight is 497 g/mol. The predicted molar refractivity (Wildman–Crippen MR) is 138 cm³/mol. The summed E-state index contributed by atoms with van der Waals surface area (Å²) in [6, 6.07) is 19.1. The van der Waals surface area contributed by atoms with Crippen LogP contribution in [0.25, 0.3) is 22.0 Å². The van der Waals surface area contributed by atoms with Crippen LogP contribution in [0, 0.1) is 11.6 Å². The smallest absolute Gasteiger partial charge is 0.253 e. The second kappa shape index (κ2) is 10.4. The zero-order valence-electron chi connectivity index (χ0n) is 19.6. The van der Waals surface area contributed by atoms with Crippen molar-refractivity contribution in [1.82, 2.24) is 20.3 Å². The Hall–Kier alpha value is -4.92. The molecule has 5 rings (SSSR count). The van der Waals surface area contributed by atoms with E-state index in [4.69, 9.17) is 5.73 Å². The number of pyridine rings is 1. The number of rotatable bonds is 7. The Morgan fingerprint density at radius 3 is 2.62 bits per heavy atom. The summed E-state index contributed by atoms with van der Waals surface area (Å²) >= 11 is 0. The molecule has 0 fully saturated rings. The van der Waals surface area contributed by atoms with E-state index in [1.165, 1.54) is 18.6 Å². The van der Waals surface area contributed by atoms with Crippen LogP contribution >= 0.6 is 0 Å². The van der Waals surface area contributed by atoms with E-state index in [1.54, 1.807) is 18.3 Å². The fourth-order valence-electron chi connectivity index (χ4n) is 4.09. The second-order valence-corrected chi connectivity index (χ2v) is 8.32. The largest absolute Gasteiger partial charge is 0.383 e. The number of aromatic nitrogens is 3. The van der Waals surface area contributed by atoms with Crippen molar-refractivity contribution in [1.29, 1.82) is 0 Å². The van der Waals surface area contributed by atoms with Gasteiger partial charge in [0.25, 0.3) is 5.91 Å². The highest BCUT2D eigenvalue weighted by Crippen LogP contribution is 2.30. The Morgan fingerprint density at radius 2 is 1.78 bits per heavy atom. The summed E-state index contributed by atoms with van der Waals surface area (Å²) < 4.78 is 29.0. The quantitative estimate of drug-likeness (QED) is 0.290. The average Bonchev–Trinajstić information content (AvgIpc) is 2.94. The lowest BCUT2D eigenvalue weighted by Gasteiger charge is -2.16. The van der Waals surface area contributed by atoms with Crippen molar-refractivity contribution >= 4 is 28.3 Å².